The van der Waals surface area contributed by atoms with Gasteiger partial charge in [0.2, 0.25) is 0 Å². The van der Waals surface area contributed by atoms with Crippen LogP contribution in [0.5, 0.6) is 0 Å². The summed E-state index contributed by atoms with van der Waals surface area (Å²) in [6.45, 7) is 7.38. The van der Waals surface area contributed by atoms with Crippen LogP contribution in [0.2, 0.25) is 0 Å². The van der Waals surface area contributed by atoms with E-state index >= 15 is 0 Å². The molecule has 0 aliphatic heterocycles. The van der Waals surface area contributed by atoms with E-state index in [1.807, 2.05) is 30.3 Å². The van der Waals surface area contributed by atoms with E-state index in [4.69, 9.17) is 0 Å². The van der Waals surface area contributed by atoms with Crippen LogP contribution in [0.1, 0.15) is 11.1 Å². The van der Waals surface area contributed by atoms with Crippen LogP contribution in [0.4, 0.5) is 0 Å². The molecular weight excluding hydrogens is 708 g/mol. The van der Waals surface area contributed by atoms with E-state index in [-0.39, 0.29) is 22.3 Å². The minimum atomic E-state index is 0. The second kappa shape index (κ2) is 19.7. The SMILES string of the molecule is Cc1cc2c(-c3cccc4ccccc34)cccc2[cH-]1.Cc1cc2c(-c3cccc4ccccc34)cccc2[cH-]1.[CH3-].[CH3-].[CH3-].[Si]=[Zr].[c-]1ccccc1. The minimum absolute atomic E-state index is 0. The Bertz CT molecular complexity index is 2220. The van der Waals surface area contributed by atoms with Gasteiger partial charge in [-0.2, -0.15) is 48.5 Å². The second-order valence-electron chi connectivity index (χ2n) is 11.8. The molecule has 51 heavy (non-hydrogen) atoms. The predicted octanol–water partition coefficient (Wildman–Crippen LogP) is 13.8. The average molecular weight is 752 g/mol. The van der Waals surface area contributed by atoms with Crippen molar-refractivity contribution in [3.63, 3.8) is 0 Å². The molecule has 0 saturated carbocycles. The molecule has 0 bridgehead atoms. The number of hydrogen-bond donors (Lipinski definition) is 0. The third-order valence-electron chi connectivity index (χ3n) is 8.56. The van der Waals surface area contributed by atoms with Crippen molar-refractivity contribution in [1.29, 1.82) is 0 Å². The quantitative estimate of drug-likeness (QED) is 0.122. The van der Waals surface area contributed by atoms with Gasteiger partial charge in [-0.25, -0.2) is 0 Å². The number of benzene rings is 7. The molecule has 0 spiro atoms. The molecule has 0 atom stereocenters. The van der Waals surface area contributed by atoms with Crippen molar-refractivity contribution in [2.45, 2.75) is 13.8 Å². The zero-order chi connectivity index (χ0) is 33.3. The maximum absolute atomic E-state index is 3.06. The fourth-order valence-electron chi connectivity index (χ4n) is 6.50. The van der Waals surface area contributed by atoms with Gasteiger partial charge in [0.25, 0.3) is 0 Å². The summed E-state index contributed by atoms with van der Waals surface area (Å²) in [4.78, 5) is 0. The van der Waals surface area contributed by atoms with Crippen LogP contribution in [-0.4, -0.2) is 6.88 Å². The van der Waals surface area contributed by atoms with Gasteiger partial charge >= 0.3 is 30.2 Å². The van der Waals surface area contributed by atoms with Gasteiger partial charge in [-0.05, 0) is 32.7 Å². The van der Waals surface area contributed by atoms with Crippen molar-refractivity contribution in [2.24, 2.45) is 0 Å². The summed E-state index contributed by atoms with van der Waals surface area (Å²) in [5.74, 6) is 0. The van der Waals surface area contributed by atoms with Gasteiger partial charge in [-0.15, -0.1) is 69.1 Å². The first kappa shape index (κ1) is 40.8. The predicted molar refractivity (Wildman–Crippen MR) is 225 cm³/mol. The van der Waals surface area contributed by atoms with Crippen LogP contribution in [0.3, 0.4) is 0 Å². The van der Waals surface area contributed by atoms with Crippen molar-refractivity contribution >= 4 is 50.0 Å². The zero-order valence-electron chi connectivity index (χ0n) is 30.2. The number of aryl methyl sites for hydroxylation is 2. The summed E-state index contributed by atoms with van der Waals surface area (Å²) in [5, 5.41) is 10.6. The van der Waals surface area contributed by atoms with Crippen LogP contribution in [-0.2, 0) is 23.3 Å². The Kier molecular flexibility index (Phi) is 15.8. The Morgan fingerprint density at radius 1 is 0.412 bits per heavy atom. The van der Waals surface area contributed by atoms with E-state index in [2.05, 4.69) is 172 Å². The molecule has 0 amide bonds. The number of hydrogen-bond acceptors (Lipinski definition) is 0. The summed E-state index contributed by atoms with van der Waals surface area (Å²) in [5.41, 5.74) is 7.94. The first-order valence-electron chi connectivity index (χ1n) is 16.1. The third kappa shape index (κ3) is 9.39. The molecule has 2 radical (unpaired) electrons. The largest absolute Gasteiger partial charge is 0.184 e. The zero-order valence-corrected chi connectivity index (χ0v) is 33.7. The van der Waals surface area contributed by atoms with E-state index in [0.717, 1.165) is 0 Å². The van der Waals surface area contributed by atoms with E-state index in [1.165, 1.54) is 99.8 Å². The van der Waals surface area contributed by atoms with Crippen molar-refractivity contribution in [2.75, 3.05) is 0 Å². The second-order valence-corrected chi connectivity index (χ2v) is 11.8. The molecular formula is C49H44SiZr-6. The molecule has 9 aromatic rings. The number of fused-ring (bicyclic) bond motifs is 4. The molecule has 0 saturated heterocycles. The van der Waals surface area contributed by atoms with Gasteiger partial charge in [0, 0.05) is 0 Å². The van der Waals surface area contributed by atoms with E-state index in [0.29, 0.717) is 0 Å². The Labute approximate surface area is 322 Å². The summed E-state index contributed by atoms with van der Waals surface area (Å²) >= 11 is 1.36. The van der Waals surface area contributed by atoms with Crippen molar-refractivity contribution in [3.8, 4) is 22.3 Å². The molecule has 0 aromatic heterocycles. The molecule has 254 valence electrons. The molecule has 0 fully saturated rings. The van der Waals surface area contributed by atoms with Gasteiger partial charge in [0.05, 0.1) is 0 Å². The monoisotopic (exact) mass is 750 g/mol. The molecule has 9 rings (SSSR count). The van der Waals surface area contributed by atoms with Gasteiger partial charge < -0.3 is 22.3 Å². The molecule has 0 N–H and O–H groups in total. The Morgan fingerprint density at radius 2 is 0.765 bits per heavy atom. The van der Waals surface area contributed by atoms with Gasteiger partial charge in [0.15, 0.2) is 0 Å². The topological polar surface area (TPSA) is 0 Å². The van der Waals surface area contributed by atoms with E-state index in [1.54, 1.807) is 0 Å². The van der Waals surface area contributed by atoms with E-state index in [9.17, 15) is 0 Å². The maximum atomic E-state index is 3.06. The van der Waals surface area contributed by atoms with Gasteiger partial charge in [-0.1, -0.05) is 122 Å². The van der Waals surface area contributed by atoms with Crippen LogP contribution in [0.25, 0.3) is 65.3 Å². The summed E-state index contributed by atoms with van der Waals surface area (Å²) < 4.78 is 0. The van der Waals surface area contributed by atoms with Crippen molar-refractivity contribution in [3.05, 3.63) is 215 Å². The third-order valence-corrected chi connectivity index (χ3v) is 8.56. The van der Waals surface area contributed by atoms with Crippen molar-refractivity contribution < 1.29 is 23.3 Å². The fraction of sp³-hybridized carbons (Fsp3) is 0.0408. The molecule has 0 nitrogen and oxygen atoms in total. The summed E-state index contributed by atoms with van der Waals surface area (Å²) in [7, 11) is 0. The van der Waals surface area contributed by atoms with Crippen LogP contribution < -0.4 is 0 Å². The van der Waals surface area contributed by atoms with Crippen LogP contribution >= 0.6 is 0 Å². The first-order valence-corrected chi connectivity index (χ1v) is 20.3. The van der Waals surface area contributed by atoms with Gasteiger partial charge in [0.1, 0.15) is 0 Å². The first-order chi connectivity index (χ1) is 23.7. The Morgan fingerprint density at radius 3 is 1.14 bits per heavy atom. The fourth-order valence-corrected chi connectivity index (χ4v) is 6.50. The minimum Gasteiger partial charge on any atom is -0.184 e. The Balaban J connectivity index is 0.000000217. The molecule has 9 aromatic carbocycles. The maximum Gasteiger partial charge on any atom is -0.171 e. The Hall–Kier alpha value is -4.62. The van der Waals surface area contributed by atoms with Crippen LogP contribution in [0.15, 0.2) is 176 Å². The summed E-state index contributed by atoms with van der Waals surface area (Å²) in [6.07, 6.45) is 0. The normalized spacial score (nSPS) is 9.82. The van der Waals surface area contributed by atoms with Crippen molar-refractivity contribution in [1.82, 2.24) is 0 Å². The molecule has 0 heterocycles. The average Bonchev–Trinajstić information content (AvgIpc) is 3.74. The number of rotatable bonds is 2. The smallest absolute Gasteiger partial charge is 0.171 e. The molecule has 0 aliphatic carbocycles. The standard InChI is InChI=1S/2C20H15.C6H5.3CH3.Si.Zr/c2*1-14-12-16-8-5-11-19(20(16)13-14)18-10-4-7-15-6-2-3-9-17(15)18;1-2-4-6-5-3-1;;;;;/h2*2-13H,1H3;1-5H;3*1H3;;/q6*-1;;. The van der Waals surface area contributed by atoms with Crippen LogP contribution in [0, 0.1) is 42.2 Å². The van der Waals surface area contributed by atoms with E-state index < -0.39 is 0 Å². The molecule has 0 aliphatic rings. The molecule has 2 heteroatoms. The van der Waals surface area contributed by atoms with Gasteiger partial charge in [-0.3, -0.25) is 0 Å². The molecule has 0 unspecified atom stereocenters. The summed E-state index contributed by atoms with van der Waals surface area (Å²) in [6, 6.07) is 65.0.